The fourth-order valence-electron chi connectivity index (χ4n) is 6.13. The lowest BCUT2D eigenvalue weighted by atomic mass is 10.0. The van der Waals surface area contributed by atoms with Crippen molar-refractivity contribution < 1.29 is 13.6 Å². The molecule has 0 bridgehead atoms. The fraction of sp³-hybridized carbons (Fsp3) is 0.424. The smallest absolute Gasteiger partial charge is 0.255 e. The molecular weight excluding hydrogens is 548 g/mol. The minimum absolute atomic E-state index is 0.0689. The summed E-state index contributed by atoms with van der Waals surface area (Å²) in [6, 6.07) is 10.5. The Hall–Kier alpha value is -4.21. The van der Waals surface area contributed by atoms with Crippen LogP contribution in [0.4, 0.5) is 20.3 Å². The molecule has 1 amide bonds. The van der Waals surface area contributed by atoms with Crippen molar-refractivity contribution in [3.05, 3.63) is 77.4 Å². The fourth-order valence-corrected chi connectivity index (χ4v) is 6.13. The van der Waals surface area contributed by atoms with E-state index < -0.39 is 12.6 Å². The van der Waals surface area contributed by atoms with E-state index >= 15 is 0 Å². The minimum atomic E-state index is -0.480. The number of imidazole rings is 1. The topological polar surface area (TPSA) is 71.2 Å². The molecule has 5 heterocycles. The van der Waals surface area contributed by atoms with Crippen LogP contribution in [0.15, 0.2) is 48.9 Å². The summed E-state index contributed by atoms with van der Waals surface area (Å²) in [6.07, 6.45) is 10.4. The molecule has 43 heavy (non-hydrogen) atoms. The molecule has 0 radical (unpaired) electrons. The number of carbonyl (C=O) groups excluding carboxylic acids is 1. The zero-order valence-corrected chi connectivity index (χ0v) is 25.1. The summed E-state index contributed by atoms with van der Waals surface area (Å²) in [4.78, 5) is 25.7. The summed E-state index contributed by atoms with van der Waals surface area (Å²) >= 11 is 0. The number of fused-ring (bicyclic) bond motifs is 3. The molecule has 1 aromatic carbocycles. The van der Waals surface area contributed by atoms with E-state index in [2.05, 4.69) is 50.1 Å². The van der Waals surface area contributed by atoms with Gasteiger partial charge in [-0.15, -0.1) is 0 Å². The Bertz CT molecular complexity index is 1650. The second-order valence-corrected chi connectivity index (χ2v) is 11.3. The lowest BCUT2D eigenvalue weighted by Gasteiger charge is -2.28. The van der Waals surface area contributed by atoms with Crippen LogP contribution in [0.2, 0.25) is 0 Å². The number of para-hydroxylation sites is 1. The van der Waals surface area contributed by atoms with Crippen molar-refractivity contribution in [2.24, 2.45) is 5.92 Å². The summed E-state index contributed by atoms with van der Waals surface area (Å²) < 4.78 is 30.2. The molecule has 0 saturated heterocycles. The third-order valence-corrected chi connectivity index (χ3v) is 8.41. The Morgan fingerprint density at radius 3 is 2.77 bits per heavy atom. The second kappa shape index (κ2) is 12.2. The summed E-state index contributed by atoms with van der Waals surface area (Å²) in [5, 5.41) is 4.82. The number of pyridine rings is 1. The molecule has 8 nitrogen and oxygen atoms in total. The van der Waals surface area contributed by atoms with Gasteiger partial charge in [-0.25, -0.2) is 9.97 Å². The molecule has 1 unspecified atom stereocenters. The first-order valence-electron chi connectivity index (χ1n) is 15.3. The lowest BCUT2D eigenvalue weighted by Crippen LogP contribution is -2.38. The van der Waals surface area contributed by atoms with E-state index in [9.17, 15) is 13.6 Å². The first kappa shape index (κ1) is 28.9. The highest BCUT2D eigenvalue weighted by Crippen LogP contribution is 2.43. The van der Waals surface area contributed by atoms with Crippen LogP contribution in [0.25, 0.3) is 17.0 Å². The van der Waals surface area contributed by atoms with Gasteiger partial charge in [-0.1, -0.05) is 44.2 Å². The van der Waals surface area contributed by atoms with Crippen LogP contribution in [-0.4, -0.2) is 56.7 Å². The van der Waals surface area contributed by atoms with Crippen LogP contribution in [0.5, 0.6) is 0 Å². The average Bonchev–Trinajstić information content (AvgIpc) is 3.50. The molecule has 3 aliphatic rings. The summed E-state index contributed by atoms with van der Waals surface area (Å²) in [5.41, 5.74) is 5.70. The van der Waals surface area contributed by atoms with E-state index in [0.29, 0.717) is 44.0 Å². The molecular formula is C33H39F2N7O. The number of hydrogen-bond donors (Lipinski definition) is 1. The van der Waals surface area contributed by atoms with Crippen LogP contribution >= 0.6 is 0 Å². The molecule has 1 saturated carbocycles. The Kier molecular flexibility index (Phi) is 8.19. The largest absolute Gasteiger partial charge is 0.357 e. The zero-order valence-electron chi connectivity index (χ0n) is 25.1. The first-order valence-corrected chi connectivity index (χ1v) is 15.3. The van der Waals surface area contributed by atoms with Gasteiger partial charge in [0.05, 0.1) is 47.4 Å². The van der Waals surface area contributed by atoms with Crippen molar-refractivity contribution in [3.63, 3.8) is 0 Å². The number of nitrogens with zero attached hydrogens (tertiary/aromatic N) is 6. The quantitative estimate of drug-likeness (QED) is 0.244. The van der Waals surface area contributed by atoms with Crippen LogP contribution in [0.3, 0.4) is 0 Å². The average molecular weight is 588 g/mol. The predicted molar refractivity (Wildman–Crippen MR) is 166 cm³/mol. The normalized spacial score (nSPS) is 17.7. The molecule has 1 atom stereocenters. The van der Waals surface area contributed by atoms with Crippen molar-refractivity contribution in [1.29, 1.82) is 0 Å². The molecule has 10 heteroatoms. The second-order valence-electron chi connectivity index (χ2n) is 11.3. The summed E-state index contributed by atoms with van der Waals surface area (Å²) in [6.45, 7) is 6.04. The van der Waals surface area contributed by atoms with Crippen molar-refractivity contribution >= 4 is 34.4 Å². The number of halogens is 2. The number of carbonyl (C=O) groups is 1. The van der Waals surface area contributed by atoms with Gasteiger partial charge in [0.1, 0.15) is 6.17 Å². The number of hydrogen-bond acceptors (Lipinski definition) is 5. The van der Waals surface area contributed by atoms with Crippen LogP contribution in [0.1, 0.15) is 66.6 Å². The standard InChI is InChI=1S/C31H33F2N7O.C2H6/c1-37-29-25(16-23-24(35-29)10-14-39(31(23)41)13-4-11-32)36-30(37)26-15-22-6-2-5-21(28(22)40(26)17-20-8-9-20)7-3-12-38-18-27(33)34-19-38;1-2/h2-3,5-7,15-16,18-20,30,36H,4,8-14,17H2,1H3;1-2H3/b7-3+;. The number of rotatable bonds is 9. The Labute approximate surface area is 251 Å². The van der Waals surface area contributed by atoms with E-state index in [-0.39, 0.29) is 12.1 Å². The van der Waals surface area contributed by atoms with Crippen molar-refractivity contribution in [2.45, 2.75) is 58.8 Å². The summed E-state index contributed by atoms with van der Waals surface area (Å²) in [7, 11) is 2.05. The molecule has 2 aliphatic heterocycles. The minimum Gasteiger partial charge on any atom is -0.357 e. The number of anilines is 2. The number of allylic oxidation sites excluding steroid dienone is 1. The van der Waals surface area contributed by atoms with Gasteiger partial charge in [0.25, 0.3) is 5.91 Å². The molecule has 3 aromatic heterocycles. The number of amides is 1. The number of benzene rings is 1. The molecule has 1 aliphatic carbocycles. The maximum absolute atomic E-state index is 13.3. The highest BCUT2D eigenvalue weighted by Gasteiger charge is 2.36. The lowest BCUT2D eigenvalue weighted by molar-refractivity contribution is 0.0733. The Morgan fingerprint density at radius 2 is 2.02 bits per heavy atom. The van der Waals surface area contributed by atoms with Crippen molar-refractivity contribution in [1.82, 2.24) is 24.0 Å². The van der Waals surface area contributed by atoms with Crippen molar-refractivity contribution in [3.8, 4) is 0 Å². The SMILES string of the molecule is CC.CN1c2nc3c(cc2NC1c1cc2cccc(/C=C/Cn4cnc(F)c4)c2n1CC1CC1)C(=O)N(CCCF)CC3. The molecule has 7 rings (SSSR count). The van der Waals surface area contributed by atoms with Gasteiger partial charge in [-0.3, -0.25) is 9.18 Å². The third-order valence-electron chi connectivity index (χ3n) is 8.41. The zero-order chi connectivity index (χ0) is 30.1. The summed E-state index contributed by atoms with van der Waals surface area (Å²) in [5.74, 6) is 0.949. The maximum Gasteiger partial charge on any atom is 0.255 e. The van der Waals surface area contributed by atoms with Gasteiger partial charge in [-0.05, 0) is 42.9 Å². The van der Waals surface area contributed by atoms with Crippen LogP contribution in [0, 0.1) is 11.9 Å². The number of alkyl halides is 1. The molecule has 1 N–H and O–H groups in total. The van der Waals surface area contributed by atoms with Gasteiger partial charge in [0.15, 0.2) is 5.82 Å². The van der Waals surface area contributed by atoms with Gasteiger partial charge >= 0.3 is 0 Å². The highest BCUT2D eigenvalue weighted by atomic mass is 19.1. The monoisotopic (exact) mass is 587 g/mol. The van der Waals surface area contributed by atoms with Gasteiger partial charge in [-0.2, -0.15) is 4.39 Å². The van der Waals surface area contributed by atoms with Gasteiger partial charge < -0.3 is 24.3 Å². The first-order chi connectivity index (χ1) is 21.0. The molecule has 226 valence electrons. The van der Waals surface area contributed by atoms with Gasteiger partial charge in [0, 0.05) is 45.0 Å². The molecule has 0 spiro atoms. The predicted octanol–water partition coefficient (Wildman–Crippen LogP) is 6.44. The third kappa shape index (κ3) is 5.62. The van der Waals surface area contributed by atoms with E-state index in [0.717, 1.165) is 40.4 Å². The maximum atomic E-state index is 13.3. The number of nitrogens with one attached hydrogen (secondary N) is 1. The molecule has 4 aromatic rings. The van der Waals surface area contributed by atoms with E-state index in [1.165, 1.54) is 30.9 Å². The van der Waals surface area contributed by atoms with Gasteiger partial charge in [0.2, 0.25) is 5.95 Å². The van der Waals surface area contributed by atoms with Crippen LogP contribution in [-0.2, 0) is 19.5 Å². The molecule has 1 fully saturated rings. The van der Waals surface area contributed by atoms with E-state index in [1.807, 2.05) is 33.0 Å². The number of aromatic nitrogens is 4. The Morgan fingerprint density at radius 1 is 1.19 bits per heavy atom. The Balaban J connectivity index is 0.00000161. The van der Waals surface area contributed by atoms with Crippen LogP contribution < -0.4 is 10.2 Å². The van der Waals surface area contributed by atoms with Crippen molar-refractivity contribution in [2.75, 3.05) is 37.0 Å². The van der Waals surface area contributed by atoms with E-state index in [1.54, 1.807) is 9.47 Å². The van der Waals surface area contributed by atoms with E-state index in [4.69, 9.17) is 4.98 Å². The highest BCUT2D eigenvalue weighted by molar-refractivity contribution is 5.98.